The lowest BCUT2D eigenvalue weighted by Gasteiger charge is -2.17. The molecule has 0 radical (unpaired) electrons. The van der Waals surface area contributed by atoms with Gasteiger partial charge in [-0.25, -0.2) is 14.5 Å². The molecule has 0 aliphatic carbocycles. The van der Waals surface area contributed by atoms with Crippen LogP contribution >= 0.6 is 0 Å². The van der Waals surface area contributed by atoms with E-state index in [1.165, 1.54) is 24.3 Å². The molecule has 0 bridgehead atoms. The second kappa shape index (κ2) is 9.48. The summed E-state index contributed by atoms with van der Waals surface area (Å²) in [6.07, 6.45) is -2.65. The molecule has 2 atom stereocenters. The number of amides is 2. The molecule has 7 heteroatoms. The average Bonchev–Trinajstić information content (AvgIpc) is 3.08. The van der Waals surface area contributed by atoms with Crippen LogP contribution in [0.5, 0.6) is 0 Å². The first-order valence-electron chi connectivity index (χ1n) is 10.5. The number of hydrogen-bond donors (Lipinski definition) is 0. The Hall–Kier alpha value is -4.26. The van der Waals surface area contributed by atoms with Crippen molar-refractivity contribution in [3.63, 3.8) is 0 Å². The molecule has 0 N–H and O–H groups in total. The van der Waals surface area contributed by atoms with Crippen LogP contribution in [0.2, 0.25) is 0 Å². The van der Waals surface area contributed by atoms with Gasteiger partial charge >= 0.3 is 11.9 Å². The highest BCUT2D eigenvalue weighted by Crippen LogP contribution is 2.30. The number of carbonyl (C=O) groups is 4. The minimum Gasteiger partial charge on any atom is -0.444 e. The van der Waals surface area contributed by atoms with Gasteiger partial charge in [0.25, 0.3) is 11.8 Å². The lowest BCUT2D eigenvalue weighted by atomic mass is 10.1. The SMILES string of the molecule is CCc1ccccc1N1C(=O)[C@@H](OC(=O)c2ccccc2)[C@H](OC(=O)c2ccccc2)C1=O. The molecule has 0 aromatic heterocycles. The third-order valence-electron chi connectivity index (χ3n) is 5.30. The van der Waals surface area contributed by atoms with Crippen molar-refractivity contribution in [2.24, 2.45) is 0 Å². The smallest absolute Gasteiger partial charge is 0.339 e. The summed E-state index contributed by atoms with van der Waals surface area (Å²) in [4.78, 5) is 52.9. The molecule has 1 fully saturated rings. The second-order valence-corrected chi connectivity index (χ2v) is 7.38. The van der Waals surface area contributed by atoms with Crippen LogP contribution in [0, 0.1) is 0 Å². The van der Waals surface area contributed by atoms with Crippen molar-refractivity contribution in [3.05, 3.63) is 102 Å². The standard InChI is InChI=1S/C26H21NO6/c1-2-17-11-9-10-16-20(17)27-23(28)21(32-25(30)18-12-5-3-6-13-18)22(24(27)29)33-26(31)19-14-7-4-8-15-19/h3-16,21-22H,2H2,1H3/t21-,22-/m0/s1. The van der Waals surface area contributed by atoms with Crippen molar-refractivity contribution in [1.29, 1.82) is 0 Å². The van der Waals surface area contributed by atoms with Gasteiger partial charge in [0.1, 0.15) is 0 Å². The van der Waals surface area contributed by atoms with Gasteiger partial charge in [-0.15, -0.1) is 0 Å². The fraction of sp³-hybridized carbons (Fsp3) is 0.154. The Bertz CT molecular complexity index is 1120. The highest BCUT2D eigenvalue weighted by atomic mass is 16.6. The fourth-order valence-electron chi connectivity index (χ4n) is 3.63. The highest BCUT2D eigenvalue weighted by Gasteiger charge is 2.53. The summed E-state index contributed by atoms with van der Waals surface area (Å²) in [6.45, 7) is 1.89. The molecule has 0 spiro atoms. The summed E-state index contributed by atoms with van der Waals surface area (Å²) in [5.74, 6) is -3.13. The van der Waals surface area contributed by atoms with Gasteiger partial charge in [0.15, 0.2) is 0 Å². The van der Waals surface area contributed by atoms with E-state index in [9.17, 15) is 19.2 Å². The molecule has 2 amide bonds. The third kappa shape index (κ3) is 4.39. The summed E-state index contributed by atoms with van der Waals surface area (Å²) in [7, 11) is 0. The van der Waals surface area contributed by atoms with E-state index in [-0.39, 0.29) is 11.1 Å². The fourth-order valence-corrected chi connectivity index (χ4v) is 3.63. The van der Waals surface area contributed by atoms with Crippen LogP contribution in [-0.4, -0.2) is 36.0 Å². The van der Waals surface area contributed by atoms with Crippen molar-refractivity contribution in [3.8, 4) is 0 Å². The number of imide groups is 1. The zero-order valence-corrected chi connectivity index (χ0v) is 17.8. The van der Waals surface area contributed by atoms with Crippen LogP contribution < -0.4 is 4.90 Å². The topological polar surface area (TPSA) is 90.0 Å². The molecule has 1 heterocycles. The second-order valence-electron chi connectivity index (χ2n) is 7.38. The first-order valence-corrected chi connectivity index (χ1v) is 10.5. The number of anilines is 1. The minimum absolute atomic E-state index is 0.207. The summed E-state index contributed by atoms with van der Waals surface area (Å²) in [5, 5.41) is 0. The Morgan fingerprint density at radius 3 is 1.58 bits per heavy atom. The van der Waals surface area contributed by atoms with Crippen molar-refractivity contribution < 1.29 is 28.7 Å². The Morgan fingerprint density at radius 1 is 0.697 bits per heavy atom. The first kappa shape index (κ1) is 22.0. The van der Waals surface area contributed by atoms with Crippen molar-refractivity contribution in [2.75, 3.05) is 4.90 Å². The van der Waals surface area contributed by atoms with Crippen LogP contribution in [0.15, 0.2) is 84.9 Å². The number of nitrogens with zero attached hydrogens (tertiary/aromatic N) is 1. The number of aryl methyl sites for hydroxylation is 1. The van der Waals surface area contributed by atoms with E-state index in [0.29, 0.717) is 12.1 Å². The van der Waals surface area contributed by atoms with E-state index in [4.69, 9.17) is 9.47 Å². The molecular formula is C26H21NO6. The Balaban J connectivity index is 1.68. The first-order chi connectivity index (χ1) is 16.0. The lowest BCUT2D eigenvalue weighted by molar-refractivity contribution is -0.130. The largest absolute Gasteiger partial charge is 0.444 e. The average molecular weight is 443 g/mol. The predicted octanol–water partition coefficient (Wildman–Crippen LogP) is 3.57. The van der Waals surface area contributed by atoms with Gasteiger partial charge in [-0.05, 0) is 42.3 Å². The molecule has 1 saturated heterocycles. The van der Waals surface area contributed by atoms with Crippen LogP contribution in [0.1, 0.15) is 33.2 Å². The number of hydrogen-bond acceptors (Lipinski definition) is 6. The van der Waals surface area contributed by atoms with Gasteiger partial charge in [0, 0.05) is 0 Å². The zero-order valence-electron chi connectivity index (χ0n) is 17.8. The monoisotopic (exact) mass is 443 g/mol. The van der Waals surface area contributed by atoms with Crippen molar-refractivity contribution in [1.82, 2.24) is 0 Å². The van der Waals surface area contributed by atoms with Gasteiger partial charge < -0.3 is 9.47 Å². The van der Waals surface area contributed by atoms with Crippen molar-refractivity contribution in [2.45, 2.75) is 25.6 Å². The summed E-state index contributed by atoms with van der Waals surface area (Å²) < 4.78 is 10.9. The Morgan fingerprint density at radius 2 is 1.12 bits per heavy atom. The highest BCUT2D eigenvalue weighted by molar-refractivity contribution is 6.25. The van der Waals surface area contributed by atoms with E-state index in [1.807, 2.05) is 6.92 Å². The van der Waals surface area contributed by atoms with E-state index in [1.54, 1.807) is 60.7 Å². The number of rotatable bonds is 6. The van der Waals surface area contributed by atoms with Gasteiger partial charge in [0.05, 0.1) is 16.8 Å². The number of para-hydroxylation sites is 1. The molecule has 4 rings (SSSR count). The molecule has 0 saturated carbocycles. The lowest BCUT2D eigenvalue weighted by Crippen LogP contribution is -2.37. The van der Waals surface area contributed by atoms with E-state index >= 15 is 0 Å². The summed E-state index contributed by atoms with van der Waals surface area (Å²) >= 11 is 0. The van der Waals surface area contributed by atoms with Gasteiger partial charge in [-0.2, -0.15) is 0 Å². The van der Waals surface area contributed by atoms with Gasteiger partial charge in [-0.1, -0.05) is 61.5 Å². The molecule has 1 aliphatic heterocycles. The molecule has 3 aromatic rings. The Kier molecular flexibility index (Phi) is 6.31. The van der Waals surface area contributed by atoms with Crippen molar-refractivity contribution >= 4 is 29.4 Å². The maximum absolute atomic E-state index is 13.3. The molecule has 1 aliphatic rings. The quantitative estimate of drug-likeness (QED) is 0.427. The molecule has 3 aromatic carbocycles. The van der Waals surface area contributed by atoms with Gasteiger partial charge in [0.2, 0.25) is 12.2 Å². The van der Waals surface area contributed by atoms with Crippen LogP contribution in [0.25, 0.3) is 0 Å². The zero-order chi connectivity index (χ0) is 23.4. The maximum Gasteiger partial charge on any atom is 0.339 e. The van der Waals surface area contributed by atoms with E-state index in [2.05, 4.69) is 0 Å². The normalized spacial score (nSPS) is 17.7. The predicted molar refractivity (Wildman–Crippen MR) is 120 cm³/mol. The van der Waals surface area contributed by atoms with Crippen LogP contribution in [-0.2, 0) is 25.5 Å². The molecule has 7 nitrogen and oxygen atoms in total. The van der Waals surface area contributed by atoms with Gasteiger partial charge in [-0.3, -0.25) is 9.59 Å². The number of benzene rings is 3. The summed E-state index contributed by atoms with van der Waals surface area (Å²) in [6, 6.07) is 23.1. The number of carbonyl (C=O) groups excluding carboxylic acids is 4. The van der Waals surface area contributed by atoms with E-state index in [0.717, 1.165) is 10.5 Å². The number of esters is 2. The molecule has 166 valence electrons. The molecular weight excluding hydrogens is 422 g/mol. The molecule has 33 heavy (non-hydrogen) atoms. The Labute approximate surface area is 190 Å². The minimum atomic E-state index is -1.61. The van der Waals surface area contributed by atoms with Crippen LogP contribution in [0.3, 0.4) is 0 Å². The van der Waals surface area contributed by atoms with E-state index < -0.39 is 36.0 Å². The van der Waals surface area contributed by atoms with Crippen LogP contribution in [0.4, 0.5) is 5.69 Å². The third-order valence-corrected chi connectivity index (χ3v) is 5.30. The maximum atomic E-state index is 13.3. The number of ether oxygens (including phenoxy) is 2. The summed E-state index contributed by atoms with van der Waals surface area (Å²) in [5.41, 5.74) is 1.54. The molecule has 0 unspecified atom stereocenters.